The van der Waals surface area contributed by atoms with Crippen LogP contribution in [0.3, 0.4) is 0 Å². The van der Waals surface area contributed by atoms with E-state index in [1.165, 1.54) is 5.38 Å². The maximum absolute atomic E-state index is 12.8. The molecule has 1 fully saturated rings. The molecule has 1 atom stereocenters. The first-order valence-corrected chi connectivity index (χ1v) is 12.2. The van der Waals surface area contributed by atoms with E-state index in [1.54, 1.807) is 13.8 Å². The van der Waals surface area contributed by atoms with Crippen molar-refractivity contribution in [1.29, 1.82) is 0 Å². The van der Waals surface area contributed by atoms with Crippen molar-refractivity contribution in [2.75, 3.05) is 24.6 Å². The molecule has 2 rings (SSSR count). The molecule has 0 radical (unpaired) electrons. The fourth-order valence-corrected chi connectivity index (χ4v) is 4.38. The van der Waals surface area contributed by atoms with E-state index >= 15 is 0 Å². The maximum Gasteiger partial charge on any atom is 1.00 e. The Balaban J connectivity index is 0.00000480. The number of nitrogens with one attached hydrogen (secondary N) is 2. The molecule has 0 aromatic carbocycles. The fourth-order valence-electron chi connectivity index (χ4n) is 2.13. The molecule has 1 saturated heterocycles. The van der Waals surface area contributed by atoms with Gasteiger partial charge in [-0.05, 0) is 13.8 Å². The number of hydrogen-bond acceptors (Lipinski definition) is 11. The monoisotopic (exact) mass is 509 g/mol. The van der Waals surface area contributed by atoms with Crippen LogP contribution in [-0.2, 0) is 39.5 Å². The predicted molar refractivity (Wildman–Crippen MR) is 106 cm³/mol. The van der Waals surface area contributed by atoms with Gasteiger partial charge in [-0.25, -0.2) is 17.7 Å². The van der Waals surface area contributed by atoms with Gasteiger partial charge < -0.3 is 16.3 Å². The van der Waals surface area contributed by atoms with Gasteiger partial charge in [-0.1, -0.05) is 5.16 Å². The van der Waals surface area contributed by atoms with E-state index in [9.17, 15) is 26.4 Å². The topological polar surface area (TPSA) is 194 Å². The number of oxime groups is 1. The molecule has 1 aromatic rings. The van der Waals surface area contributed by atoms with Crippen molar-refractivity contribution in [3.05, 3.63) is 11.1 Å². The zero-order valence-corrected chi connectivity index (χ0v) is 21.6. The standard InChI is InChI=1S/C13H19N5O9S3.Na.H/c1-7(2)27-16-9(8-5-28-12(14-8)17-29(4,21)22)10(19)15-13(26-3)6-18(11(13)20)30(23,24)25;;/h5,7H,6H2,1-4H3,(H,14,17)(H,15,19)(H,23,24,25);;/q;+1;-1. The van der Waals surface area contributed by atoms with Crippen molar-refractivity contribution in [3.63, 3.8) is 0 Å². The number of hydrogen-bond donors (Lipinski definition) is 3. The first kappa shape index (κ1) is 27.7. The van der Waals surface area contributed by atoms with Crippen molar-refractivity contribution in [1.82, 2.24) is 14.6 Å². The van der Waals surface area contributed by atoms with Crippen LogP contribution in [-0.4, -0.2) is 79.9 Å². The molecule has 1 unspecified atom stereocenters. The summed E-state index contributed by atoms with van der Waals surface area (Å²) >= 11 is 0.868. The van der Waals surface area contributed by atoms with Crippen molar-refractivity contribution in [2.24, 2.45) is 5.16 Å². The number of carbonyl (C=O) groups is 2. The molecule has 0 spiro atoms. The fraction of sp³-hybridized carbons (Fsp3) is 0.538. The van der Waals surface area contributed by atoms with Gasteiger partial charge in [0.25, 0.3) is 11.8 Å². The minimum Gasteiger partial charge on any atom is -1.00 e. The summed E-state index contributed by atoms with van der Waals surface area (Å²) < 4.78 is 61.2. The van der Waals surface area contributed by atoms with Crippen molar-refractivity contribution >= 4 is 54.3 Å². The van der Waals surface area contributed by atoms with Gasteiger partial charge in [0.15, 0.2) is 10.8 Å². The molecule has 31 heavy (non-hydrogen) atoms. The average Bonchev–Trinajstić information content (AvgIpc) is 3.02. The minimum absolute atomic E-state index is 0. The molecule has 14 nitrogen and oxygen atoms in total. The quantitative estimate of drug-likeness (QED) is 0.0735. The Morgan fingerprint density at radius 1 is 1.42 bits per heavy atom. The number of sulfonamides is 1. The molecule has 18 heteroatoms. The Morgan fingerprint density at radius 3 is 2.48 bits per heavy atom. The first-order valence-electron chi connectivity index (χ1n) is 8.03. The zero-order valence-electron chi connectivity index (χ0n) is 18.1. The Kier molecular flexibility index (Phi) is 9.00. The Labute approximate surface area is 206 Å². The second kappa shape index (κ2) is 10.1. The van der Waals surface area contributed by atoms with Crippen LogP contribution in [0.15, 0.2) is 10.5 Å². The molecular formula is C13H20N5NaO9S3. The van der Waals surface area contributed by atoms with Gasteiger partial charge in [-0.3, -0.25) is 18.9 Å². The molecular weight excluding hydrogens is 489 g/mol. The Hall–Kier alpha value is -1.34. The number of rotatable bonds is 9. The summed E-state index contributed by atoms with van der Waals surface area (Å²) in [6.07, 6.45) is 0.486. The molecule has 2 heterocycles. The number of aromatic nitrogens is 1. The molecule has 170 valence electrons. The summed E-state index contributed by atoms with van der Waals surface area (Å²) in [6, 6.07) is 0. The van der Waals surface area contributed by atoms with E-state index in [0.717, 1.165) is 24.7 Å². The predicted octanol–water partition coefficient (Wildman–Crippen LogP) is -4.14. The summed E-state index contributed by atoms with van der Waals surface area (Å²) in [5.74, 6) is -2.24. The molecule has 1 aromatic heterocycles. The third-order valence-corrected chi connectivity index (χ3v) is 5.77. The normalized spacial score (nSPS) is 19.5. The van der Waals surface area contributed by atoms with Gasteiger partial charge in [-0.15, -0.1) is 11.3 Å². The number of carbonyl (C=O) groups excluding carboxylic acids is 2. The smallest absolute Gasteiger partial charge is 1.00 e. The minimum atomic E-state index is -4.82. The van der Waals surface area contributed by atoms with Crippen LogP contribution in [0, 0.1) is 0 Å². The van der Waals surface area contributed by atoms with E-state index < -0.39 is 56.2 Å². The van der Waals surface area contributed by atoms with Crippen LogP contribution in [0.2, 0.25) is 0 Å². The number of thiazole rings is 1. The van der Waals surface area contributed by atoms with Gasteiger partial charge >= 0.3 is 39.9 Å². The van der Waals surface area contributed by atoms with Crippen molar-refractivity contribution < 1.29 is 71.5 Å². The van der Waals surface area contributed by atoms with E-state index in [1.807, 2.05) is 0 Å². The molecule has 0 bridgehead atoms. The van der Waals surface area contributed by atoms with Crippen LogP contribution in [0.1, 0.15) is 21.0 Å². The van der Waals surface area contributed by atoms with Gasteiger partial charge in [-0.2, -0.15) is 8.42 Å². The van der Waals surface area contributed by atoms with Gasteiger partial charge in [0.05, 0.1) is 12.8 Å². The number of nitrogens with zero attached hydrogens (tertiary/aromatic N) is 3. The van der Waals surface area contributed by atoms with E-state index in [-0.39, 0.29) is 46.1 Å². The third kappa shape index (κ3) is 6.82. The summed E-state index contributed by atoms with van der Waals surface area (Å²) in [5, 5.41) is 7.17. The van der Waals surface area contributed by atoms with Crippen LogP contribution >= 0.6 is 11.3 Å². The van der Waals surface area contributed by atoms with Gasteiger partial charge in [0.2, 0.25) is 15.7 Å². The Morgan fingerprint density at radius 2 is 2.03 bits per heavy atom. The summed E-state index contributed by atoms with van der Waals surface area (Å²) in [4.78, 5) is 34.0. The number of anilines is 1. The second-order valence-corrected chi connectivity index (χ2v) is 10.2. The second-order valence-electron chi connectivity index (χ2n) is 6.28. The number of amides is 2. The van der Waals surface area contributed by atoms with Crippen LogP contribution in [0.4, 0.5) is 5.13 Å². The summed E-state index contributed by atoms with van der Waals surface area (Å²) in [5.41, 5.74) is -2.56. The molecule has 0 aliphatic carbocycles. The van der Waals surface area contributed by atoms with E-state index in [0.29, 0.717) is 0 Å². The number of ether oxygens (including phenoxy) is 1. The van der Waals surface area contributed by atoms with Crippen molar-refractivity contribution in [2.45, 2.75) is 25.7 Å². The molecule has 3 N–H and O–H groups in total. The summed E-state index contributed by atoms with van der Waals surface area (Å²) in [6.45, 7) is 2.59. The van der Waals surface area contributed by atoms with Crippen LogP contribution in [0.25, 0.3) is 0 Å². The van der Waals surface area contributed by atoms with E-state index in [4.69, 9.17) is 14.1 Å². The van der Waals surface area contributed by atoms with E-state index in [2.05, 4.69) is 20.2 Å². The Bertz CT molecular complexity index is 1090. The van der Waals surface area contributed by atoms with Crippen molar-refractivity contribution in [3.8, 4) is 0 Å². The SMILES string of the molecule is COC1(NC(=O)C(=NOC(C)C)c2csc(NS(C)(=O)=O)n2)CN(S(=O)(=O)O)C1=O.[H-].[Na+]. The third-order valence-electron chi connectivity index (χ3n) is 3.47. The number of methoxy groups -OCH3 is 1. The van der Waals surface area contributed by atoms with Crippen LogP contribution in [0.5, 0.6) is 0 Å². The number of β-lactam (4-membered cyclic amide) rings is 1. The zero-order chi connectivity index (χ0) is 22.9. The van der Waals surface area contributed by atoms with Gasteiger partial charge in [0.1, 0.15) is 11.8 Å². The van der Waals surface area contributed by atoms with Gasteiger partial charge in [0, 0.05) is 12.5 Å². The average molecular weight is 510 g/mol. The summed E-state index contributed by atoms with van der Waals surface area (Å²) in [7, 11) is -7.38. The molecule has 0 saturated carbocycles. The first-order chi connectivity index (χ1) is 13.7. The molecule has 2 amide bonds. The molecule has 1 aliphatic heterocycles. The maximum atomic E-state index is 12.8. The largest absolute Gasteiger partial charge is 1.00 e. The van der Waals surface area contributed by atoms with Crippen LogP contribution < -0.4 is 39.6 Å². The molecule has 1 aliphatic rings.